The van der Waals surface area contributed by atoms with Crippen LogP contribution < -0.4 is 5.32 Å². The van der Waals surface area contributed by atoms with Gasteiger partial charge in [0.25, 0.3) is 0 Å². The van der Waals surface area contributed by atoms with Crippen LogP contribution in [0.3, 0.4) is 0 Å². The first-order chi connectivity index (χ1) is 7.61. The Morgan fingerprint density at radius 1 is 1.44 bits per heavy atom. The molecule has 94 valence electrons. The fourth-order valence-corrected chi connectivity index (χ4v) is 2.05. The molecule has 0 radical (unpaired) electrons. The van der Waals surface area contributed by atoms with Crippen LogP contribution in [0.1, 0.15) is 33.6 Å². The summed E-state index contributed by atoms with van der Waals surface area (Å²) in [5, 5.41) is 3.33. The van der Waals surface area contributed by atoms with E-state index in [1.54, 1.807) is 0 Å². The summed E-state index contributed by atoms with van der Waals surface area (Å²) >= 11 is 0. The Labute approximate surface area is 98.3 Å². The highest BCUT2D eigenvalue weighted by molar-refractivity contribution is 5.78. The van der Waals surface area contributed by atoms with E-state index in [9.17, 15) is 4.79 Å². The second-order valence-electron chi connectivity index (χ2n) is 4.64. The van der Waals surface area contributed by atoms with Gasteiger partial charge in [-0.3, -0.25) is 4.79 Å². The predicted molar refractivity (Wildman–Crippen MR) is 64.4 cm³/mol. The van der Waals surface area contributed by atoms with E-state index in [1.807, 2.05) is 18.7 Å². The van der Waals surface area contributed by atoms with E-state index in [2.05, 4.69) is 12.2 Å². The maximum atomic E-state index is 11.8. The van der Waals surface area contributed by atoms with Gasteiger partial charge in [-0.25, -0.2) is 0 Å². The molecule has 0 aromatic rings. The Kier molecular flexibility index (Phi) is 5.22. The standard InChI is InChI=1S/C12H24N2O2/c1-4-14(5-2)11(15)9-13-12(3)7-6-8-16-10-12/h13H,4-10H2,1-3H3. The van der Waals surface area contributed by atoms with Crippen LogP contribution in [0, 0.1) is 0 Å². The zero-order valence-electron chi connectivity index (χ0n) is 10.7. The molecule has 1 heterocycles. The van der Waals surface area contributed by atoms with Crippen molar-refractivity contribution >= 4 is 5.91 Å². The Hall–Kier alpha value is -0.610. The number of carbonyl (C=O) groups excluding carboxylic acids is 1. The van der Waals surface area contributed by atoms with Gasteiger partial charge in [0.15, 0.2) is 0 Å². The number of nitrogens with zero attached hydrogens (tertiary/aromatic N) is 1. The van der Waals surface area contributed by atoms with E-state index in [-0.39, 0.29) is 11.4 Å². The molecule has 1 N–H and O–H groups in total. The molecule has 1 saturated heterocycles. The van der Waals surface area contributed by atoms with Crippen LogP contribution in [0.2, 0.25) is 0 Å². The first-order valence-electron chi connectivity index (χ1n) is 6.22. The van der Waals surface area contributed by atoms with Crippen LogP contribution in [0.4, 0.5) is 0 Å². The number of likely N-dealkylation sites (N-methyl/N-ethyl adjacent to an activating group) is 1. The quantitative estimate of drug-likeness (QED) is 0.763. The molecule has 1 atom stereocenters. The third kappa shape index (κ3) is 3.76. The molecule has 0 aromatic heterocycles. The van der Waals surface area contributed by atoms with Gasteiger partial charge in [0.1, 0.15) is 0 Å². The third-order valence-electron chi connectivity index (χ3n) is 3.22. The van der Waals surface area contributed by atoms with Gasteiger partial charge in [0.05, 0.1) is 13.2 Å². The van der Waals surface area contributed by atoms with Gasteiger partial charge in [-0.1, -0.05) is 0 Å². The first-order valence-corrected chi connectivity index (χ1v) is 6.22. The predicted octanol–water partition coefficient (Wildman–Crippen LogP) is 1.01. The summed E-state index contributed by atoms with van der Waals surface area (Å²) in [5.74, 6) is 0.178. The molecule has 1 amide bonds. The lowest BCUT2D eigenvalue weighted by Crippen LogP contribution is -2.52. The van der Waals surface area contributed by atoms with Gasteiger partial charge < -0.3 is 15.0 Å². The Balaban J connectivity index is 2.35. The topological polar surface area (TPSA) is 41.6 Å². The van der Waals surface area contributed by atoms with Crippen molar-refractivity contribution in [2.45, 2.75) is 39.2 Å². The molecule has 1 unspecified atom stereocenters. The van der Waals surface area contributed by atoms with Gasteiger partial charge in [0.2, 0.25) is 5.91 Å². The lowest BCUT2D eigenvalue weighted by molar-refractivity contribution is -0.130. The zero-order chi connectivity index (χ0) is 12.0. The molecule has 0 spiro atoms. The number of carbonyl (C=O) groups is 1. The minimum absolute atomic E-state index is 0.0267. The van der Waals surface area contributed by atoms with E-state index in [0.29, 0.717) is 13.2 Å². The smallest absolute Gasteiger partial charge is 0.236 e. The minimum Gasteiger partial charge on any atom is -0.380 e. The van der Waals surface area contributed by atoms with Crippen LogP contribution in [0.25, 0.3) is 0 Å². The number of hydrogen-bond acceptors (Lipinski definition) is 3. The highest BCUT2D eigenvalue weighted by Crippen LogP contribution is 2.17. The van der Waals surface area contributed by atoms with Gasteiger partial charge in [0, 0.05) is 25.2 Å². The summed E-state index contributed by atoms with van der Waals surface area (Å²) < 4.78 is 5.44. The highest BCUT2D eigenvalue weighted by Gasteiger charge is 2.27. The van der Waals surface area contributed by atoms with Crippen molar-refractivity contribution in [3.63, 3.8) is 0 Å². The maximum absolute atomic E-state index is 11.8. The highest BCUT2D eigenvalue weighted by atomic mass is 16.5. The van der Waals surface area contributed by atoms with Crippen LogP contribution in [-0.4, -0.2) is 49.2 Å². The largest absolute Gasteiger partial charge is 0.380 e. The normalized spacial score (nSPS) is 25.4. The summed E-state index contributed by atoms with van der Waals surface area (Å²) in [4.78, 5) is 13.7. The molecule has 4 nitrogen and oxygen atoms in total. The van der Waals surface area contributed by atoms with E-state index in [4.69, 9.17) is 4.74 Å². The summed E-state index contributed by atoms with van der Waals surface area (Å²) in [5.41, 5.74) is -0.0267. The number of amides is 1. The molecule has 0 aliphatic carbocycles. The van der Waals surface area contributed by atoms with Gasteiger partial charge in [-0.2, -0.15) is 0 Å². The Bertz CT molecular complexity index is 221. The van der Waals surface area contributed by atoms with Crippen molar-refractivity contribution in [3.8, 4) is 0 Å². The molecule has 1 aliphatic heterocycles. The van der Waals surface area contributed by atoms with Crippen molar-refractivity contribution in [2.75, 3.05) is 32.8 Å². The van der Waals surface area contributed by atoms with Crippen molar-refractivity contribution in [1.29, 1.82) is 0 Å². The monoisotopic (exact) mass is 228 g/mol. The molecule has 4 heteroatoms. The van der Waals surface area contributed by atoms with Gasteiger partial charge in [-0.05, 0) is 33.6 Å². The van der Waals surface area contributed by atoms with E-state index in [1.165, 1.54) is 0 Å². The van der Waals surface area contributed by atoms with E-state index >= 15 is 0 Å². The number of nitrogens with one attached hydrogen (secondary N) is 1. The van der Waals surface area contributed by atoms with E-state index in [0.717, 1.165) is 32.5 Å². The molecule has 1 fully saturated rings. The Morgan fingerprint density at radius 2 is 2.12 bits per heavy atom. The molecule has 1 rings (SSSR count). The summed E-state index contributed by atoms with van der Waals surface area (Å²) in [6, 6.07) is 0. The van der Waals surface area contributed by atoms with Crippen LogP contribution in [0.15, 0.2) is 0 Å². The number of hydrogen-bond donors (Lipinski definition) is 1. The molecular weight excluding hydrogens is 204 g/mol. The first kappa shape index (κ1) is 13.5. The number of ether oxygens (including phenoxy) is 1. The summed E-state index contributed by atoms with van der Waals surface area (Å²) in [6.45, 7) is 9.68. The molecule has 0 aromatic carbocycles. The average Bonchev–Trinajstić information content (AvgIpc) is 2.29. The van der Waals surface area contributed by atoms with Gasteiger partial charge in [-0.15, -0.1) is 0 Å². The molecule has 16 heavy (non-hydrogen) atoms. The number of rotatable bonds is 5. The zero-order valence-corrected chi connectivity index (χ0v) is 10.7. The lowest BCUT2D eigenvalue weighted by Gasteiger charge is -2.35. The summed E-state index contributed by atoms with van der Waals surface area (Å²) in [7, 11) is 0. The van der Waals surface area contributed by atoms with E-state index < -0.39 is 0 Å². The third-order valence-corrected chi connectivity index (χ3v) is 3.22. The van der Waals surface area contributed by atoms with Crippen LogP contribution in [-0.2, 0) is 9.53 Å². The second-order valence-corrected chi connectivity index (χ2v) is 4.64. The van der Waals surface area contributed by atoms with Crippen molar-refractivity contribution < 1.29 is 9.53 Å². The lowest BCUT2D eigenvalue weighted by atomic mass is 9.95. The molecule has 0 bridgehead atoms. The van der Waals surface area contributed by atoms with Crippen molar-refractivity contribution in [3.05, 3.63) is 0 Å². The van der Waals surface area contributed by atoms with Crippen molar-refractivity contribution in [1.82, 2.24) is 10.2 Å². The van der Waals surface area contributed by atoms with Crippen LogP contribution >= 0.6 is 0 Å². The Morgan fingerprint density at radius 3 is 2.62 bits per heavy atom. The molecule has 1 aliphatic rings. The SMILES string of the molecule is CCN(CC)C(=O)CNC1(C)CCCOC1. The van der Waals surface area contributed by atoms with Crippen LogP contribution in [0.5, 0.6) is 0 Å². The molecular formula is C12H24N2O2. The fraction of sp³-hybridized carbons (Fsp3) is 0.917. The average molecular weight is 228 g/mol. The van der Waals surface area contributed by atoms with Crippen molar-refractivity contribution in [2.24, 2.45) is 0 Å². The van der Waals surface area contributed by atoms with Gasteiger partial charge >= 0.3 is 0 Å². The second kappa shape index (κ2) is 6.21. The maximum Gasteiger partial charge on any atom is 0.236 e. The minimum atomic E-state index is -0.0267. The summed E-state index contributed by atoms with van der Waals surface area (Å²) in [6.07, 6.45) is 2.15. The molecule has 0 saturated carbocycles. The fourth-order valence-electron chi connectivity index (χ4n) is 2.05.